The second-order valence-electron chi connectivity index (χ2n) is 5.62. The minimum atomic E-state index is 0.568. The third kappa shape index (κ3) is 2.13. The monoisotopic (exact) mass is 245 g/mol. The lowest BCUT2D eigenvalue weighted by molar-refractivity contribution is 0.159. The lowest BCUT2D eigenvalue weighted by Gasteiger charge is -2.41. The van der Waals surface area contributed by atoms with Crippen molar-refractivity contribution in [2.75, 3.05) is 31.5 Å². The topological polar surface area (TPSA) is 27.3 Å². The second-order valence-corrected chi connectivity index (χ2v) is 5.62. The first kappa shape index (κ1) is 12.0. The fraction of sp³-hybridized carbons (Fsp3) is 0.600. The Balaban J connectivity index is 1.94. The molecule has 2 heterocycles. The molecule has 2 aliphatic rings. The summed E-state index contributed by atoms with van der Waals surface area (Å²) >= 11 is 0. The number of hydrogen-bond donors (Lipinski definition) is 2. The van der Waals surface area contributed by atoms with Crippen LogP contribution in [0, 0.1) is 6.92 Å². The molecule has 1 fully saturated rings. The Labute approximate surface area is 110 Å². The summed E-state index contributed by atoms with van der Waals surface area (Å²) in [5, 5.41) is 7.10. The minimum Gasteiger partial charge on any atom is -0.382 e. The van der Waals surface area contributed by atoms with E-state index in [9.17, 15) is 0 Å². The number of rotatable bonds is 1. The number of fused-ring (bicyclic) bond motifs is 1. The molecule has 0 spiro atoms. The van der Waals surface area contributed by atoms with Gasteiger partial charge in [0, 0.05) is 44.0 Å². The lowest BCUT2D eigenvalue weighted by Crippen LogP contribution is -2.47. The molecule has 3 nitrogen and oxygen atoms in total. The van der Waals surface area contributed by atoms with E-state index in [2.05, 4.69) is 47.6 Å². The molecule has 3 heteroatoms. The SMILES string of the molecule is Cc1cccc2c1NC(C)CC2N1CCNCC1. The molecular formula is C15H23N3. The van der Waals surface area contributed by atoms with Crippen molar-refractivity contribution < 1.29 is 0 Å². The number of nitrogens with one attached hydrogen (secondary N) is 2. The van der Waals surface area contributed by atoms with Crippen LogP contribution in [0.2, 0.25) is 0 Å². The summed E-state index contributed by atoms with van der Waals surface area (Å²) in [6.07, 6.45) is 1.22. The van der Waals surface area contributed by atoms with Gasteiger partial charge in [0.2, 0.25) is 0 Å². The van der Waals surface area contributed by atoms with Crippen molar-refractivity contribution in [3.8, 4) is 0 Å². The fourth-order valence-electron chi connectivity index (χ4n) is 3.27. The van der Waals surface area contributed by atoms with Crippen molar-refractivity contribution in [1.29, 1.82) is 0 Å². The van der Waals surface area contributed by atoms with E-state index in [1.165, 1.54) is 36.3 Å². The Morgan fingerprint density at radius 1 is 1.22 bits per heavy atom. The number of benzene rings is 1. The summed E-state index contributed by atoms with van der Waals surface area (Å²) in [5.41, 5.74) is 4.24. The van der Waals surface area contributed by atoms with E-state index in [0.717, 1.165) is 13.1 Å². The maximum atomic E-state index is 3.65. The largest absolute Gasteiger partial charge is 0.382 e. The molecule has 1 aromatic carbocycles. The predicted octanol–water partition coefficient (Wildman–Crippen LogP) is 2.15. The van der Waals surface area contributed by atoms with Crippen LogP contribution in [0.4, 0.5) is 5.69 Å². The molecule has 0 aromatic heterocycles. The van der Waals surface area contributed by atoms with Gasteiger partial charge >= 0.3 is 0 Å². The Hall–Kier alpha value is -1.06. The summed E-state index contributed by atoms with van der Waals surface area (Å²) < 4.78 is 0. The van der Waals surface area contributed by atoms with Gasteiger partial charge < -0.3 is 10.6 Å². The first-order valence-corrected chi connectivity index (χ1v) is 7.06. The molecule has 0 saturated carbocycles. The summed E-state index contributed by atoms with van der Waals surface area (Å²) in [6, 6.07) is 7.87. The zero-order valence-electron chi connectivity index (χ0n) is 11.4. The Morgan fingerprint density at radius 2 is 2.00 bits per heavy atom. The molecule has 98 valence electrons. The van der Waals surface area contributed by atoms with Crippen molar-refractivity contribution in [2.45, 2.75) is 32.4 Å². The highest BCUT2D eigenvalue weighted by Crippen LogP contribution is 2.38. The molecule has 0 radical (unpaired) electrons. The molecule has 3 rings (SSSR count). The van der Waals surface area contributed by atoms with Crippen molar-refractivity contribution in [3.63, 3.8) is 0 Å². The van der Waals surface area contributed by atoms with Gasteiger partial charge in [-0.25, -0.2) is 0 Å². The molecule has 0 aliphatic carbocycles. The van der Waals surface area contributed by atoms with Crippen molar-refractivity contribution in [3.05, 3.63) is 29.3 Å². The summed E-state index contributed by atoms with van der Waals surface area (Å²) in [6.45, 7) is 9.09. The summed E-state index contributed by atoms with van der Waals surface area (Å²) in [5.74, 6) is 0. The van der Waals surface area contributed by atoms with Crippen LogP contribution in [0.1, 0.15) is 30.5 Å². The number of nitrogens with zero attached hydrogens (tertiary/aromatic N) is 1. The zero-order valence-corrected chi connectivity index (χ0v) is 11.4. The first-order valence-electron chi connectivity index (χ1n) is 7.06. The van der Waals surface area contributed by atoms with Crippen LogP contribution in [-0.4, -0.2) is 37.1 Å². The molecule has 2 unspecified atom stereocenters. The van der Waals surface area contributed by atoms with Crippen molar-refractivity contribution in [2.24, 2.45) is 0 Å². The average Bonchev–Trinajstić information content (AvgIpc) is 2.40. The van der Waals surface area contributed by atoms with Crippen LogP contribution in [-0.2, 0) is 0 Å². The molecule has 0 amide bonds. The van der Waals surface area contributed by atoms with Gasteiger partial charge in [0.1, 0.15) is 0 Å². The van der Waals surface area contributed by atoms with Gasteiger partial charge in [-0.15, -0.1) is 0 Å². The normalized spacial score (nSPS) is 28.6. The average molecular weight is 245 g/mol. The summed E-state index contributed by atoms with van der Waals surface area (Å²) in [4.78, 5) is 2.64. The molecule has 2 atom stereocenters. The van der Waals surface area contributed by atoms with Gasteiger partial charge in [-0.1, -0.05) is 18.2 Å². The lowest BCUT2D eigenvalue weighted by atomic mass is 9.90. The molecule has 1 saturated heterocycles. The highest BCUT2D eigenvalue weighted by Gasteiger charge is 2.30. The smallest absolute Gasteiger partial charge is 0.0420 e. The van der Waals surface area contributed by atoms with Gasteiger partial charge in [0.05, 0.1) is 0 Å². The zero-order chi connectivity index (χ0) is 12.5. The number of piperazine rings is 1. The first-order chi connectivity index (χ1) is 8.75. The Bertz CT molecular complexity index is 424. The molecular weight excluding hydrogens is 222 g/mol. The van der Waals surface area contributed by atoms with Gasteiger partial charge in [-0.3, -0.25) is 4.90 Å². The van der Waals surface area contributed by atoms with E-state index in [1.54, 1.807) is 0 Å². The molecule has 0 bridgehead atoms. The van der Waals surface area contributed by atoms with Crippen LogP contribution in [0.25, 0.3) is 0 Å². The third-order valence-electron chi connectivity index (χ3n) is 4.22. The van der Waals surface area contributed by atoms with Gasteiger partial charge in [-0.2, -0.15) is 0 Å². The van der Waals surface area contributed by atoms with Crippen molar-refractivity contribution >= 4 is 5.69 Å². The van der Waals surface area contributed by atoms with Gasteiger partial charge in [-0.05, 0) is 31.4 Å². The second kappa shape index (κ2) is 4.90. The van der Waals surface area contributed by atoms with E-state index in [-0.39, 0.29) is 0 Å². The number of para-hydroxylation sites is 1. The highest BCUT2D eigenvalue weighted by molar-refractivity contribution is 5.60. The fourth-order valence-corrected chi connectivity index (χ4v) is 3.27. The quantitative estimate of drug-likeness (QED) is 0.794. The maximum absolute atomic E-state index is 3.65. The predicted molar refractivity (Wildman–Crippen MR) is 76.1 cm³/mol. The Morgan fingerprint density at radius 3 is 2.78 bits per heavy atom. The minimum absolute atomic E-state index is 0.568. The van der Waals surface area contributed by atoms with Crippen LogP contribution < -0.4 is 10.6 Å². The van der Waals surface area contributed by atoms with Crippen LogP contribution in [0.3, 0.4) is 0 Å². The number of anilines is 1. The number of hydrogen-bond acceptors (Lipinski definition) is 3. The third-order valence-corrected chi connectivity index (χ3v) is 4.22. The van der Waals surface area contributed by atoms with E-state index >= 15 is 0 Å². The maximum Gasteiger partial charge on any atom is 0.0420 e. The number of aryl methyl sites for hydroxylation is 1. The van der Waals surface area contributed by atoms with E-state index in [0.29, 0.717) is 12.1 Å². The summed E-state index contributed by atoms with van der Waals surface area (Å²) in [7, 11) is 0. The van der Waals surface area contributed by atoms with Crippen molar-refractivity contribution in [1.82, 2.24) is 10.2 Å². The molecule has 18 heavy (non-hydrogen) atoms. The standard InChI is InChI=1S/C15H23N3/c1-11-4-3-5-13-14(10-12(2)17-15(11)13)18-8-6-16-7-9-18/h3-5,12,14,16-17H,6-10H2,1-2H3. The molecule has 2 aliphatic heterocycles. The van der Waals surface area contributed by atoms with E-state index in [1.807, 2.05) is 0 Å². The van der Waals surface area contributed by atoms with Gasteiger partial charge in [0.15, 0.2) is 0 Å². The molecule has 1 aromatic rings. The van der Waals surface area contributed by atoms with Crippen LogP contribution >= 0.6 is 0 Å². The highest BCUT2D eigenvalue weighted by atomic mass is 15.2. The Kier molecular flexibility index (Phi) is 3.27. The van der Waals surface area contributed by atoms with E-state index in [4.69, 9.17) is 0 Å². The van der Waals surface area contributed by atoms with E-state index < -0.39 is 0 Å². The van der Waals surface area contributed by atoms with Gasteiger partial charge in [0.25, 0.3) is 0 Å². The van der Waals surface area contributed by atoms with Crippen LogP contribution in [0.5, 0.6) is 0 Å². The molecule has 2 N–H and O–H groups in total. The van der Waals surface area contributed by atoms with Crippen LogP contribution in [0.15, 0.2) is 18.2 Å².